The molecule has 0 amide bonds. The molecular formula is C32H58NO7P. The second-order valence-corrected chi connectivity index (χ2v) is 11.4. The minimum atomic E-state index is -4.28. The van der Waals surface area contributed by atoms with Gasteiger partial charge in [0.15, 0.2) is 0 Å². The average Bonchev–Trinajstić information content (AvgIpc) is 2.96. The molecule has 238 valence electrons. The van der Waals surface area contributed by atoms with Gasteiger partial charge in [0, 0.05) is 19.6 Å². The van der Waals surface area contributed by atoms with E-state index < -0.39 is 19.9 Å². The second kappa shape index (κ2) is 29.9. The van der Waals surface area contributed by atoms with E-state index >= 15 is 0 Å². The highest BCUT2D eigenvalue weighted by atomic mass is 31.2. The fourth-order valence-corrected chi connectivity index (χ4v) is 4.54. The highest BCUT2D eigenvalue weighted by Crippen LogP contribution is 2.43. The van der Waals surface area contributed by atoms with E-state index in [0.29, 0.717) is 13.0 Å². The molecule has 2 unspecified atom stereocenters. The molecule has 0 aliphatic heterocycles. The Hall–Kier alpha value is -1.54. The van der Waals surface area contributed by atoms with E-state index in [4.69, 9.17) is 24.3 Å². The van der Waals surface area contributed by atoms with Crippen LogP contribution in [-0.2, 0) is 27.9 Å². The summed E-state index contributed by atoms with van der Waals surface area (Å²) >= 11 is 0. The molecule has 3 N–H and O–H groups in total. The molecule has 0 saturated carbocycles. The van der Waals surface area contributed by atoms with Gasteiger partial charge in [-0.1, -0.05) is 114 Å². The van der Waals surface area contributed by atoms with Gasteiger partial charge in [-0.25, -0.2) is 4.57 Å². The third kappa shape index (κ3) is 29.7. The summed E-state index contributed by atoms with van der Waals surface area (Å²) in [5.74, 6) is -0.414. The Morgan fingerprint density at radius 1 is 0.756 bits per heavy atom. The van der Waals surface area contributed by atoms with Gasteiger partial charge in [0.1, 0.15) is 6.10 Å². The zero-order valence-corrected chi connectivity index (χ0v) is 26.7. The Morgan fingerprint density at radius 3 is 1.90 bits per heavy atom. The smallest absolute Gasteiger partial charge is 0.457 e. The minimum Gasteiger partial charge on any atom is -0.457 e. The molecule has 0 fully saturated rings. The van der Waals surface area contributed by atoms with Crippen LogP contribution in [0.15, 0.2) is 48.6 Å². The van der Waals surface area contributed by atoms with Gasteiger partial charge in [-0.3, -0.25) is 13.8 Å². The number of phosphoric ester groups is 1. The van der Waals surface area contributed by atoms with Gasteiger partial charge in [-0.2, -0.15) is 0 Å². The highest BCUT2D eigenvalue weighted by molar-refractivity contribution is 7.47. The number of hydrogen-bond acceptors (Lipinski definition) is 7. The van der Waals surface area contributed by atoms with Crippen LogP contribution < -0.4 is 5.73 Å². The average molecular weight is 600 g/mol. The largest absolute Gasteiger partial charge is 0.472 e. The maximum Gasteiger partial charge on any atom is 0.472 e. The van der Waals surface area contributed by atoms with Crippen molar-refractivity contribution in [3.8, 4) is 0 Å². The first-order valence-corrected chi connectivity index (χ1v) is 17.1. The maximum atomic E-state index is 12.4. The first kappa shape index (κ1) is 39.5. The summed E-state index contributed by atoms with van der Waals surface area (Å²) in [6.45, 7) is 4.65. The van der Waals surface area contributed by atoms with E-state index in [2.05, 4.69) is 50.3 Å². The van der Waals surface area contributed by atoms with Crippen molar-refractivity contribution in [1.82, 2.24) is 0 Å². The SMILES string of the molecule is CC/C=C\C/C=C\C/C=C\C/C=C\CCC(=O)OC(COCCCCCCCCCCC)COP(=O)(O)OCCN. The number of carbonyl (C=O) groups excluding carboxylic acids is 1. The Labute approximate surface area is 250 Å². The van der Waals surface area contributed by atoms with Crippen LogP contribution in [0.1, 0.15) is 110 Å². The molecule has 41 heavy (non-hydrogen) atoms. The van der Waals surface area contributed by atoms with E-state index in [1.165, 1.54) is 44.9 Å². The van der Waals surface area contributed by atoms with Gasteiger partial charge < -0.3 is 20.1 Å². The molecule has 0 spiro atoms. The summed E-state index contributed by atoms with van der Waals surface area (Å²) in [6, 6.07) is 0. The van der Waals surface area contributed by atoms with Gasteiger partial charge >= 0.3 is 13.8 Å². The van der Waals surface area contributed by atoms with Crippen molar-refractivity contribution in [3.05, 3.63) is 48.6 Å². The summed E-state index contributed by atoms with van der Waals surface area (Å²) < 4.78 is 33.0. The third-order valence-corrected chi connectivity index (χ3v) is 7.01. The van der Waals surface area contributed by atoms with E-state index in [1.54, 1.807) is 0 Å². The number of phosphoric acid groups is 1. The van der Waals surface area contributed by atoms with Crippen LogP contribution >= 0.6 is 7.82 Å². The first-order valence-electron chi connectivity index (χ1n) is 15.6. The van der Waals surface area contributed by atoms with Crippen LogP contribution in [0, 0.1) is 0 Å². The lowest BCUT2D eigenvalue weighted by Crippen LogP contribution is -2.28. The van der Waals surface area contributed by atoms with Crippen molar-refractivity contribution in [1.29, 1.82) is 0 Å². The Bertz CT molecular complexity index is 767. The maximum absolute atomic E-state index is 12.4. The lowest BCUT2D eigenvalue weighted by Gasteiger charge is -2.20. The van der Waals surface area contributed by atoms with Crippen LogP contribution in [-0.4, -0.2) is 49.9 Å². The van der Waals surface area contributed by atoms with Crippen LogP contribution in [0.2, 0.25) is 0 Å². The van der Waals surface area contributed by atoms with Crippen LogP contribution in [0.25, 0.3) is 0 Å². The number of unbranched alkanes of at least 4 members (excludes halogenated alkanes) is 8. The van der Waals surface area contributed by atoms with Crippen LogP contribution in [0.3, 0.4) is 0 Å². The van der Waals surface area contributed by atoms with Crippen molar-refractivity contribution in [2.75, 3.05) is 33.0 Å². The number of allylic oxidation sites excluding steroid dienone is 8. The van der Waals surface area contributed by atoms with Crippen LogP contribution in [0.5, 0.6) is 0 Å². The number of carbonyl (C=O) groups is 1. The lowest BCUT2D eigenvalue weighted by molar-refractivity contribution is -0.154. The lowest BCUT2D eigenvalue weighted by atomic mass is 10.1. The third-order valence-electron chi connectivity index (χ3n) is 6.02. The molecule has 0 heterocycles. The molecule has 2 atom stereocenters. The molecule has 0 aromatic carbocycles. The fraction of sp³-hybridized carbons (Fsp3) is 0.719. The summed E-state index contributed by atoms with van der Waals surface area (Å²) in [5.41, 5.74) is 5.32. The summed E-state index contributed by atoms with van der Waals surface area (Å²) in [4.78, 5) is 22.2. The summed E-state index contributed by atoms with van der Waals surface area (Å²) in [7, 11) is -4.28. The van der Waals surface area contributed by atoms with Crippen molar-refractivity contribution >= 4 is 13.8 Å². The molecule has 0 aliphatic carbocycles. The highest BCUT2D eigenvalue weighted by Gasteiger charge is 2.25. The Morgan fingerprint density at radius 2 is 1.32 bits per heavy atom. The van der Waals surface area contributed by atoms with Crippen molar-refractivity contribution < 1.29 is 32.8 Å². The molecule has 0 bridgehead atoms. The van der Waals surface area contributed by atoms with Crippen molar-refractivity contribution in [2.45, 2.75) is 116 Å². The van der Waals surface area contributed by atoms with Crippen LogP contribution in [0.4, 0.5) is 0 Å². The van der Waals surface area contributed by atoms with Gasteiger partial charge in [0.2, 0.25) is 0 Å². The predicted octanol–water partition coefficient (Wildman–Crippen LogP) is 8.12. The molecule has 0 aromatic rings. The van der Waals surface area contributed by atoms with E-state index in [1.807, 2.05) is 12.2 Å². The van der Waals surface area contributed by atoms with Gasteiger partial charge in [0.25, 0.3) is 0 Å². The van der Waals surface area contributed by atoms with Crippen molar-refractivity contribution in [3.63, 3.8) is 0 Å². The Balaban J connectivity index is 4.33. The number of esters is 1. The molecule has 0 aromatic heterocycles. The van der Waals surface area contributed by atoms with E-state index in [-0.39, 0.29) is 32.8 Å². The molecule has 0 rings (SSSR count). The second-order valence-electron chi connectivity index (χ2n) is 9.94. The quantitative estimate of drug-likeness (QED) is 0.0383. The normalized spacial score (nSPS) is 14.5. The summed E-state index contributed by atoms with van der Waals surface area (Å²) in [5, 5.41) is 0. The van der Waals surface area contributed by atoms with E-state index in [0.717, 1.165) is 38.5 Å². The molecule has 8 nitrogen and oxygen atoms in total. The minimum absolute atomic E-state index is 0.0869. The number of ether oxygens (including phenoxy) is 2. The number of hydrogen-bond donors (Lipinski definition) is 2. The fourth-order valence-electron chi connectivity index (χ4n) is 3.77. The standard InChI is InChI=1S/C32H58NO7P/c1-3-5-7-9-11-13-14-15-16-17-19-21-23-25-32(34)40-31(30-39-41(35,36)38-28-26-33)29-37-27-24-22-20-18-12-10-8-6-4-2/h5,7,11,13,15-16,19,21,31H,3-4,6,8-10,12,14,17-18,20,22-30,33H2,1-2H3,(H,35,36)/b7-5-,13-11-,16-15-,21-19-. The summed E-state index contributed by atoms with van der Waals surface area (Å²) in [6.07, 6.45) is 31.4. The van der Waals surface area contributed by atoms with E-state index in [9.17, 15) is 14.3 Å². The monoisotopic (exact) mass is 599 g/mol. The topological polar surface area (TPSA) is 117 Å². The molecule has 0 radical (unpaired) electrons. The van der Waals surface area contributed by atoms with Gasteiger partial charge in [-0.15, -0.1) is 0 Å². The molecule has 0 saturated heterocycles. The van der Waals surface area contributed by atoms with Crippen molar-refractivity contribution in [2.24, 2.45) is 5.73 Å². The van der Waals surface area contributed by atoms with Gasteiger partial charge in [-0.05, 0) is 38.5 Å². The Kier molecular flexibility index (Phi) is 28.8. The number of nitrogens with two attached hydrogens (primary N) is 1. The first-order chi connectivity index (χ1) is 19.9. The molecular weight excluding hydrogens is 541 g/mol. The van der Waals surface area contributed by atoms with Gasteiger partial charge in [0.05, 0.1) is 19.8 Å². The predicted molar refractivity (Wildman–Crippen MR) is 169 cm³/mol. The number of rotatable bonds is 29. The zero-order chi connectivity index (χ0) is 30.3. The molecule has 9 heteroatoms. The zero-order valence-electron chi connectivity index (χ0n) is 25.8. The molecule has 0 aliphatic rings.